The quantitative estimate of drug-likeness (QED) is 0.273. The van der Waals surface area contributed by atoms with Gasteiger partial charge in [0.25, 0.3) is 5.56 Å². The van der Waals surface area contributed by atoms with Gasteiger partial charge in [-0.05, 0) is 54.8 Å². The number of aryl methyl sites for hydroxylation is 2. The lowest BCUT2D eigenvalue weighted by Gasteiger charge is -2.21. The van der Waals surface area contributed by atoms with Crippen LogP contribution in [-0.4, -0.2) is 33.0 Å². The van der Waals surface area contributed by atoms with Gasteiger partial charge in [0.15, 0.2) is 29.0 Å². The summed E-state index contributed by atoms with van der Waals surface area (Å²) in [7, 11) is 1.09. The minimum Gasteiger partial charge on any atom is -0.507 e. The molecule has 0 amide bonds. The number of phenolic OH excluding ortho intramolecular Hbond substituents is 2. The van der Waals surface area contributed by atoms with Crippen molar-refractivity contribution in [1.29, 1.82) is 0 Å². The molecule has 0 bridgehead atoms. The van der Waals surface area contributed by atoms with Crippen molar-refractivity contribution in [2.75, 3.05) is 7.11 Å². The number of phenols is 2. The van der Waals surface area contributed by atoms with E-state index in [0.717, 1.165) is 7.11 Å². The Morgan fingerprint density at radius 3 is 2.24 bits per heavy atom. The molecule has 3 N–H and O–H groups in total. The highest BCUT2D eigenvalue weighted by atomic mass is 19.2. The second-order valence-electron chi connectivity index (χ2n) is 7.75. The summed E-state index contributed by atoms with van der Waals surface area (Å²) in [5.41, 5.74) is -0.296. The van der Waals surface area contributed by atoms with E-state index in [4.69, 9.17) is 0 Å². The van der Waals surface area contributed by atoms with Crippen LogP contribution in [0.3, 0.4) is 0 Å². The third-order valence-electron chi connectivity index (χ3n) is 5.54. The van der Waals surface area contributed by atoms with Crippen molar-refractivity contribution in [3.63, 3.8) is 0 Å². The van der Waals surface area contributed by atoms with Gasteiger partial charge in [-0.25, -0.2) is 13.2 Å². The summed E-state index contributed by atoms with van der Waals surface area (Å²) in [6, 6.07) is 6.78. The number of rotatable bonds is 7. The molecule has 0 aliphatic carbocycles. The molecule has 34 heavy (non-hydrogen) atoms. The maximum absolute atomic E-state index is 13.9. The van der Waals surface area contributed by atoms with E-state index in [1.54, 1.807) is 13.0 Å². The molecule has 0 aliphatic heterocycles. The first-order valence-electron chi connectivity index (χ1n) is 10.2. The maximum Gasteiger partial charge on any atom is 0.306 e. The summed E-state index contributed by atoms with van der Waals surface area (Å²) < 4.78 is 47.3. The lowest BCUT2D eigenvalue weighted by Crippen LogP contribution is -2.29. The second-order valence-corrected chi connectivity index (χ2v) is 7.75. The molecule has 0 saturated carbocycles. The van der Waals surface area contributed by atoms with Crippen LogP contribution in [0.15, 0.2) is 41.2 Å². The molecule has 0 aliphatic rings. The predicted molar refractivity (Wildman–Crippen MR) is 115 cm³/mol. The zero-order valence-corrected chi connectivity index (χ0v) is 18.3. The summed E-state index contributed by atoms with van der Waals surface area (Å²) in [5, 5.41) is 29.7. The number of halogens is 3. The molecule has 180 valence electrons. The molecular formula is C24H22F3NO6. The third kappa shape index (κ3) is 5.00. The normalized spacial score (nSPS) is 11.9. The van der Waals surface area contributed by atoms with Gasteiger partial charge in [-0.15, -0.1) is 0 Å². The van der Waals surface area contributed by atoms with Crippen molar-refractivity contribution in [2.24, 2.45) is 0 Å². The zero-order valence-electron chi connectivity index (χ0n) is 18.3. The number of nitrogens with zero attached hydrogens (tertiary/aromatic N) is 1. The fourth-order valence-corrected chi connectivity index (χ4v) is 3.75. The summed E-state index contributed by atoms with van der Waals surface area (Å²) in [6.45, 7) is 1.64. The van der Waals surface area contributed by atoms with Crippen LogP contribution >= 0.6 is 0 Å². The molecule has 0 radical (unpaired) electrons. The van der Waals surface area contributed by atoms with Crippen molar-refractivity contribution >= 4 is 5.97 Å². The van der Waals surface area contributed by atoms with E-state index >= 15 is 0 Å². The smallest absolute Gasteiger partial charge is 0.306 e. The number of ether oxygens (including phenoxy) is 1. The highest BCUT2D eigenvalue weighted by Gasteiger charge is 2.28. The molecule has 1 aromatic heterocycles. The number of aromatic hydroxyl groups is 3. The van der Waals surface area contributed by atoms with Crippen LogP contribution in [0.4, 0.5) is 13.2 Å². The molecule has 3 rings (SSSR count). The van der Waals surface area contributed by atoms with Crippen LogP contribution in [0.1, 0.15) is 34.7 Å². The lowest BCUT2D eigenvalue weighted by molar-refractivity contribution is -0.140. The summed E-state index contributed by atoms with van der Waals surface area (Å²) in [4.78, 5) is 25.4. The number of carbonyl (C=O) groups excluding carboxylic acids is 1. The Kier molecular flexibility index (Phi) is 7.19. The fourth-order valence-electron chi connectivity index (χ4n) is 3.75. The van der Waals surface area contributed by atoms with Crippen LogP contribution in [0.5, 0.6) is 17.2 Å². The van der Waals surface area contributed by atoms with Gasteiger partial charge in [-0.1, -0.05) is 6.07 Å². The Hall–Kier alpha value is -3.95. The molecule has 1 heterocycles. The Morgan fingerprint density at radius 1 is 1.00 bits per heavy atom. The summed E-state index contributed by atoms with van der Waals surface area (Å²) in [6.07, 6.45) is -0.293. The third-order valence-corrected chi connectivity index (χ3v) is 5.54. The van der Waals surface area contributed by atoms with Crippen molar-refractivity contribution < 1.29 is 38.0 Å². The van der Waals surface area contributed by atoms with Crippen LogP contribution < -0.4 is 5.56 Å². The van der Waals surface area contributed by atoms with Gasteiger partial charge >= 0.3 is 5.97 Å². The fraction of sp³-hybridized carbons (Fsp3) is 0.250. The van der Waals surface area contributed by atoms with Crippen molar-refractivity contribution in [3.05, 3.63) is 86.6 Å². The molecule has 2 aromatic carbocycles. The first-order valence-corrected chi connectivity index (χ1v) is 10.2. The molecule has 0 fully saturated rings. The van der Waals surface area contributed by atoms with Gasteiger partial charge in [0.2, 0.25) is 0 Å². The van der Waals surface area contributed by atoms with E-state index in [9.17, 15) is 38.1 Å². The number of esters is 1. The average molecular weight is 477 g/mol. The minimum atomic E-state index is -1.71. The predicted octanol–water partition coefficient (Wildman–Crippen LogP) is 3.63. The number of methoxy groups -OCH3 is 1. The second kappa shape index (κ2) is 9.90. The number of aromatic nitrogens is 1. The molecule has 0 spiro atoms. The number of benzene rings is 2. The highest BCUT2D eigenvalue weighted by molar-refractivity contribution is 5.71. The number of pyridine rings is 1. The minimum absolute atomic E-state index is 0.0826. The van der Waals surface area contributed by atoms with Crippen LogP contribution in [-0.2, 0) is 22.5 Å². The number of hydrogen-bond donors (Lipinski definition) is 3. The van der Waals surface area contributed by atoms with E-state index in [-0.39, 0.29) is 35.6 Å². The molecule has 0 saturated heterocycles. The Morgan fingerprint density at radius 2 is 1.65 bits per heavy atom. The zero-order chi connectivity index (χ0) is 25.2. The average Bonchev–Trinajstić information content (AvgIpc) is 2.78. The first-order chi connectivity index (χ1) is 16.0. The SMILES string of the molecule is COC(=O)C[C@@H](c1cc(F)c(F)c(F)c1)c1c(O)cc(C)n(CCc2ccc(O)c(O)c2)c1=O. The van der Waals surface area contributed by atoms with Crippen LogP contribution in [0.2, 0.25) is 0 Å². The maximum atomic E-state index is 13.9. The van der Waals surface area contributed by atoms with E-state index in [2.05, 4.69) is 4.74 Å². The molecule has 3 aromatic rings. The van der Waals surface area contributed by atoms with E-state index < -0.39 is 47.1 Å². The molecule has 1 atom stereocenters. The van der Waals surface area contributed by atoms with Crippen LogP contribution in [0.25, 0.3) is 0 Å². The van der Waals surface area contributed by atoms with Gasteiger partial charge < -0.3 is 24.6 Å². The van der Waals surface area contributed by atoms with Crippen molar-refractivity contribution in [1.82, 2.24) is 4.57 Å². The monoisotopic (exact) mass is 477 g/mol. The van der Waals surface area contributed by atoms with E-state index in [1.807, 2.05) is 0 Å². The van der Waals surface area contributed by atoms with Gasteiger partial charge in [-0.3, -0.25) is 9.59 Å². The van der Waals surface area contributed by atoms with Gasteiger partial charge in [-0.2, -0.15) is 0 Å². The largest absolute Gasteiger partial charge is 0.507 e. The van der Waals surface area contributed by atoms with Crippen molar-refractivity contribution in [3.8, 4) is 17.2 Å². The van der Waals surface area contributed by atoms with E-state index in [1.165, 1.54) is 22.8 Å². The molecule has 10 heteroatoms. The topological polar surface area (TPSA) is 109 Å². The van der Waals surface area contributed by atoms with E-state index in [0.29, 0.717) is 23.4 Å². The summed E-state index contributed by atoms with van der Waals surface area (Å²) in [5.74, 6) is -7.99. The molecular weight excluding hydrogens is 455 g/mol. The molecule has 7 nitrogen and oxygen atoms in total. The highest BCUT2D eigenvalue weighted by Crippen LogP contribution is 2.34. The van der Waals surface area contributed by atoms with Gasteiger partial charge in [0.05, 0.1) is 19.1 Å². The Balaban J connectivity index is 2.09. The van der Waals surface area contributed by atoms with Crippen molar-refractivity contribution in [2.45, 2.75) is 32.2 Å². The first kappa shape index (κ1) is 24.7. The number of hydrogen-bond acceptors (Lipinski definition) is 6. The van der Waals surface area contributed by atoms with Crippen LogP contribution in [0, 0.1) is 24.4 Å². The van der Waals surface area contributed by atoms with Gasteiger partial charge in [0, 0.05) is 18.2 Å². The summed E-state index contributed by atoms with van der Waals surface area (Å²) >= 11 is 0. The lowest BCUT2D eigenvalue weighted by atomic mass is 9.88. The Labute approximate surface area is 192 Å². The number of carbonyl (C=O) groups is 1. The Bertz CT molecular complexity index is 1280. The molecule has 0 unspecified atom stereocenters. The van der Waals surface area contributed by atoms with Gasteiger partial charge in [0.1, 0.15) is 5.75 Å². The standard InChI is InChI=1S/C24H22F3NO6/c1-12-7-20(31)22(24(33)28(12)6-5-13-3-4-18(29)19(30)8-13)15(11-21(32)34-2)14-9-16(25)23(27)17(26)10-14/h3-4,7-10,15,29-31H,5-6,11H2,1-2H3/t15-/m0/s1.